The molecule has 0 saturated heterocycles. The summed E-state index contributed by atoms with van der Waals surface area (Å²) in [5.41, 5.74) is 2.64. The van der Waals surface area contributed by atoms with Crippen molar-refractivity contribution in [3.8, 4) is 0 Å². The number of anilines is 1. The third-order valence-corrected chi connectivity index (χ3v) is 3.24. The molecule has 1 N–H and O–H groups in total. The van der Waals surface area contributed by atoms with Crippen molar-refractivity contribution in [3.63, 3.8) is 0 Å². The summed E-state index contributed by atoms with van der Waals surface area (Å²) >= 11 is 0. The smallest absolute Gasteiger partial charge is 0.0340 e. The first-order chi connectivity index (χ1) is 8.30. The Bertz CT molecular complexity index is 288. The van der Waals surface area contributed by atoms with E-state index in [4.69, 9.17) is 0 Å². The minimum Gasteiger partial charge on any atom is -0.385 e. The van der Waals surface area contributed by atoms with Gasteiger partial charge in [-0.05, 0) is 50.2 Å². The molecule has 0 amide bonds. The molecule has 96 valence electrons. The standard InChI is InChI=1S/C15H26N2/c1-4-14-8-10-15(11-9-14)16-12-7-13-17(5-2)6-3/h8-11,16H,4-7,12-13H2,1-3H3. The number of aryl methyl sites for hydroxylation is 1. The second-order valence-electron chi connectivity index (χ2n) is 4.36. The molecule has 0 aliphatic carbocycles. The molecule has 0 aliphatic rings. The minimum atomic E-state index is 1.06. The van der Waals surface area contributed by atoms with Gasteiger partial charge in [0.2, 0.25) is 0 Å². The van der Waals surface area contributed by atoms with E-state index in [-0.39, 0.29) is 0 Å². The Labute approximate surface area is 106 Å². The van der Waals surface area contributed by atoms with E-state index < -0.39 is 0 Å². The average Bonchev–Trinajstić information content (AvgIpc) is 2.40. The van der Waals surface area contributed by atoms with E-state index in [1.54, 1.807) is 0 Å². The molecule has 2 nitrogen and oxygen atoms in total. The number of rotatable bonds is 8. The van der Waals surface area contributed by atoms with Crippen LogP contribution in [0.5, 0.6) is 0 Å². The van der Waals surface area contributed by atoms with Crippen LogP contribution >= 0.6 is 0 Å². The van der Waals surface area contributed by atoms with Crippen molar-refractivity contribution < 1.29 is 0 Å². The molecule has 1 aromatic carbocycles. The normalized spacial score (nSPS) is 10.8. The summed E-state index contributed by atoms with van der Waals surface area (Å²) in [6.07, 6.45) is 2.32. The van der Waals surface area contributed by atoms with Crippen LogP contribution < -0.4 is 5.32 Å². The Morgan fingerprint density at radius 1 is 1.00 bits per heavy atom. The Hall–Kier alpha value is -1.02. The number of hydrogen-bond donors (Lipinski definition) is 1. The van der Waals surface area contributed by atoms with Crippen LogP contribution in [0.15, 0.2) is 24.3 Å². The van der Waals surface area contributed by atoms with E-state index in [0.717, 1.165) is 26.1 Å². The number of nitrogens with one attached hydrogen (secondary N) is 1. The minimum absolute atomic E-state index is 1.06. The predicted octanol–water partition coefficient (Wildman–Crippen LogP) is 3.39. The first kappa shape index (κ1) is 14.0. The molecule has 0 atom stereocenters. The maximum atomic E-state index is 3.47. The van der Waals surface area contributed by atoms with Crippen molar-refractivity contribution in [3.05, 3.63) is 29.8 Å². The summed E-state index contributed by atoms with van der Waals surface area (Å²) in [5.74, 6) is 0. The summed E-state index contributed by atoms with van der Waals surface area (Å²) in [7, 11) is 0. The van der Waals surface area contributed by atoms with Gasteiger partial charge in [0.15, 0.2) is 0 Å². The molecule has 0 radical (unpaired) electrons. The van der Waals surface area contributed by atoms with Crippen molar-refractivity contribution in [1.82, 2.24) is 4.90 Å². The van der Waals surface area contributed by atoms with Crippen molar-refractivity contribution in [1.29, 1.82) is 0 Å². The maximum absolute atomic E-state index is 3.47. The molecule has 0 heterocycles. The highest BCUT2D eigenvalue weighted by Gasteiger charge is 1.98. The first-order valence-electron chi connectivity index (χ1n) is 6.85. The maximum Gasteiger partial charge on any atom is 0.0340 e. The third kappa shape index (κ3) is 5.22. The molecule has 0 saturated carbocycles. The van der Waals surface area contributed by atoms with Gasteiger partial charge in [0, 0.05) is 12.2 Å². The lowest BCUT2D eigenvalue weighted by molar-refractivity contribution is 0.303. The zero-order valence-corrected chi connectivity index (χ0v) is 11.5. The van der Waals surface area contributed by atoms with Crippen LogP contribution in [0, 0.1) is 0 Å². The fraction of sp³-hybridized carbons (Fsp3) is 0.600. The van der Waals surface area contributed by atoms with Gasteiger partial charge in [-0.15, -0.1) is 0 Å². The van der Waals surface area contributed by atoms with Gasteiger partial charge in [-0.1, -0.05) is 32.9 Å². The molecular formula is C15H26N2. The summed E-state index contributed by atoms with van der Waals surface area (Å²) in [4.78, 5) is 2.46. The monoisotopic (exact) mass is 234 g/mol. The van der Waals surface area contributed by atoms with E-state index in [1.807, 2.05) is 0 Å². The van der Waals surface area contributed by atoms with E-state index in [1.165, 1.54) is 24.2 Å². The largest absolute Gasteiger partial charge is 0.385 e. The van der Waals surface area contributed by atoms with E-state index in [9.17, 15) is 0 Å². The van der Waals surface area contributed by atoms with Crippen LogP contribution in [-0.4, -0.2) is 31.1 Å². The predicted molar refractivity (Wildman–Crippen MR) is 76.7 cm³/mol. The number of benzene rings is 1. The Morgan fingerprint density at radius 3 is 2.18 bits per heavy atom. The van der Waals surface area contributed by atoms with Crippen molar-refractivity contribution in [2.75, 3.05) is 31.5 Å². The summed E-state index contributed by atoms with van der Waals surface area (Å²) in [6, 6.07) is 8.76. The van der Waals surface area contributed by atoms with Crippen molar-refractivity contribution in [2.45, 2.75) is 33.6 Å². The van der Waals surface area contributed by atoms with Crippen molar-refractivity contribution in [2.24, 2.45) is 0 Å². The van der Waals surface area contributed by atoms with Gasteiger partial charge in [0.25, 0.3) is 0 Å². The highest BCUT2D eigenvalue weighted by molar-refractivity contribution is 5.44. The molecule has 2 heteroatoms. The molecule has 17 heavy (non-hydrogen) atoms. The van der Waals surface area contributed by atoms with Crippen LogP contribution in [0.1, 0.15) is 32.8 Å². The van der Waals surface area contributed by atoms with Gasteiger partial charge >= 0.3 is 0 Å². The van der Waals surface area contributed by atoms with Gasteiger partial charge in [0.05, 0.1) is 0 Å². The van der Waals surface area contributed by atoms with Gasteiger partial charge < -0.3 is 10.2 Å². The van der Waals surface area contributed by atoms with Gasteiger partial charge in [0.1, 0.15) is 0 Å². The zero-order valence-electron chi connectivity index (χ0n) is 11.5. The van der Waals surface area contributed by atoms with Crippen LogP contribution in [-0.2, 0) is 6.42 Å². The van der Waals surface area contributed by atoms with Crippen LogP contribution in [0.3, 0.4) is 0 Å². The number of nitrogens with zero attached hydrogens (tertiary/aromatic N) is 1. The lowest BCUT2D eigenvalue weighted by Crippen LogP contribution is -2.25. The molecule has 0 spiro atoms. The van der Waals surface area contributed by atoms with Crippen LogP contribution in [0.4, 0.5) is 5.69 Å². The molecular weight excluding hydrogens is 208 g/mol. The summed E-state index contributed by atoms with van der Waals surface area (Å²) in [5, 5.41) is 3.47. The quantitative estimate of drug-likeness (QED) is 0.694. The van der Waals surface area contributed by atoms with E-state index in [0.29, 0.717) is 0 Å². The average molecular weight is 234 g/mol. The van der Waals surface area contributed by atoms with Crippen LogP contribution in [0.2, 0.25) is 0 Å². The molecule has 0 fully saturated rings. The highest BCUT2D eigenvalue weighted by Crippen LogP contribution is 2.09. The van der Waals surface area contributed by atoms with E-state index in [2.05, 4.69) is 55.3 Å². The SMILES string of the molecule is CCc1ccc(NCCCN(CC)CC)cc1. The molecule has 0 aromatic heterocycles. The molecule has 0 bridgehead atoms. The lowest BCUT2D eigenvalue weighted by atomic mass is 10.1. The zero-order chi connectivity index (χ0) is 12.5. The van der Waals surface area contributed by atoms with Gasteiger partial charge in [-0.2, -0.15) is 0 Å². The Balaban J connectivity index is 2.21. The summed E-state index contributed by atoms with van der Waals surface area (Å²) in [6.45, 7) is 11.2. The Morgan fingerprint density at radius 2 is 1.65 bits per heavy atom. The molecule has 0 unspecified atom stereocenters. The Kier molecular flexibility index (Phi) is 6.71. The lowest BCUT2D eigenvalue weighted by Gasteiger charge is -2.17. The third-order valence-electron chi connectivity index (χ3n) is 3.24. The van der Waals surface area contributed by atoms with Gasteiger partial charge in [-0.25, -0.2) is 0 Å². The molecule has 1 rings (SSSR count). The number of hydrogen-bond acceptors (Lipinski definition) is 2. The summed E-state index contributed by atoms with van der Waals surface area (Å²) < 4.78 is 0. The molecule has 1 aromatic rings. The van der Waals surface area contributed by atoms with Crippen LogP contribution in [0.25, 0.3) is 0 Å². The second-order valence-corrected chi connectivity index (χ2v) is 4.36. The van der Waals surface area contributed by atoms with Gasteiger partial charge in [-0.3, -0.25) is 0 Å². The molecule has 0 aliphatic heterocycles. The fourth-order valence-electron chi connectivity index (χ4n) is 1.93. The van der Waals surface area contributed by atoms with Crippen molar-refractivity contribution >= 4 is 5.69 Å². The fourth-order valence-corrected chi connectivity index (χ4v) is 1.93. The first-order valence-corrected chi connectivity index (χ1v) is 6.85. The highest BCUT2D eigenvalue weighted by atomic mass is 15.1. The van der Waals surface area contributed by atoms with E-state index >= 15 is 0 Å². The second kappa shape index (κ2) is 8.13. The topological polar surface area (TPSA) is 15.3 Å².